The molecule has 1 aromatic heterocycles. The largest absolute Gasteiger partial charge is 0.330 e. The van der Waals surface area contributed by atoms with E-state index in [-0.39, 0.29) is 0 Å². The molecule has 0 fully saturated rings. The number of aryl methyl sites for hydroxylation is 3. The molecular formula is C15H20N2. The fraction of sp³-hybridized carbons (Fsp3) is 0.400. The van der Waals surface area contributed by atoms with Crippen LogP contribution in [0.15, 0.2) is 24.3 Å². The van der Waals surface area contributed by atoms with Crippen LogP contribution in [0.25, 0.3) is 10.9 Å². The summed E-state index contributed by atoms with van der Waals surface area (Å²) >= 11 is 0. The van der Waals surface area contributed by atoms with Crippen molar-refractivity contribution in [1.29, 1.82) is 0 Å². The Morgan fingerprint density at radius 3 is 2.71 bits per heavy atom. The van der Waals surface area contributed by atoms with E-state index in [9.17, 15) is 0 Å². The van der Waals surface area contributed by atoms with E-state index in [4.69, 9.17) is 5.73 Å². The molecule has 2 N–H and O–H groups in total. The van der Waals surface area contributed by atoms with Gasteiger partial charge in [-0.15, -0.1) is 0 Å². The SMILES string of the molecule is Cc1cc(C)c2cc(CCCCN)ccc2n1. The fourth-order valence-electron chi connectivity index (χ4n) is 2.24. The van der Waals surface area contributed by atoms with E-state index >= 15 is 0 Å². The molecule has 2 rings (SSSR count). The van der Waals surface area contributed by atoms with Crippen LogP contribution < -0.4 is 5.73 Å². The number of aromatic nitrogens is 1. The Labute approximate surface area is 103 Å². The van der Waals surface area contributed by atoms with Gasteiger partial charge in [0.2, 0.25) is 0 Å². The van der Waals surface area contributed by atoms with Crippen molar-refractivity contribution in [2.75, 3.05) is 6.54 Å². The molecule has 90 valence electrons. The Hall–Kier alpha value is -1.41. The van der Waals surface area contributed by atoms with E-state index in [1.165, 1.54) is 22.9 Å². The monoisotopic (exact) mass is 228 g/mol. The minimum absolute atomic E-state index is 0.785. The molecule has 0 saturated carbocycles. The zero-order chi connectivity index (χ0) is 12.3. The Morgan fingerprint density at radius 1 is 1.12 bits per heavy atom. The van der Waals surface area contributed by atoms with Crippen molar-refractivity contribution in [1.82, 2.24) is 4.98 Å². The first kappa shape index (κ1) is 12.1. The van der Waals surface area contributed by atoms with Gasteiger partial charge in [-0.25, -0.2) is 0 Å². The molecule has 0 saturated heterocycles. The average Bonchev–Trinajstić information content (AvgIpc) is 2.30. The molecule has 0 radical (unpaired) electrons. The lowest BCUT2D eigenvalue weighted by Gasteiger charge is -2.06. The fourth-order valence-corrected chi connectivity index (χ4v) is 2.24. The normalized spacial score (nSPS) is 11.0. The highest BCUT2D eigenvalue weighted by Gasteiger charge is 2.02. The zero-order valence-electron chi connectivity index (χ0n) is 10.7. The summed E-state index contributed by atoms with van der Waals surface area (Å²) in [6.07, 6.45) is 3.38. The van der Waals surface area contributed by atoms with Gasteiger partial charge >= 0.3 is 0 Å². The van der Waals surface area contributed by atoms with Crippen LogP contribution in [0.1, 0.15) is 29.7 Å². The molecule has 1 aromatic carbocycles. The van der Waals surface area contributed by atoms with Gasteiger partial charge in [0.1, 0.15) is 0 Å². The predicted molar refractivity (Wildman–Crippen MR) is 73.2 cm³/mol. The number of hydrogen-bond acceptors (Lipinski definition) is 2. The summed E-state index contributed by atoms with van der Waals surface area (Å²) in [5, 5.41) is 1.28. The number of benzene rings is 1. The Morgan fingerprint density at radius 2 is 1.94 bits per heavy atom. The first-order valence-electron chi connectivity index (χ1n) is 6.27. The smallest absolute Gasteiger partial charge is 0.0708 e. The number of hydrogen-bond donors (Lipinski definition) is 1. The average molecular weight is 228 g/mol. The van der Waals surface area contributed by atoms with Crippen molar-refractivity contribution in [3.05, 3.63) is 41.1 Å². The molecule has 0 aliphatic carbocycles. The lowest BCUT2D eigenvalue weighted by atomic mass is 10.0. The number of unbranched alkanes of at least 4 members (excludes halogenated alkanes) is 1. The molecule has 0 aliphatic heterocycles. The van der Waals surface area contributed by atoms with Crippen LogP contribution in [0.3, 0.4) is 0 Å². The summed E-state index contributed by atoms with van der Waals surface area (Å²) in [7, 11) is 0. The van der Waals surface area contributed by atoms with Crippen LogP contribution in [-0.4, -0.2) is 11.5 Å². The van der Waals surface area contributed by atoms with Gasteiger partial charge in [-0.3, -0.25) is 4.98 Å². The van der Waals surface area contributed by atoms with Crippen LogP contribution in [0.2, 0.25) is 0 Å². The number of rotatable bonds is 4. The molecule has 0 atom stereocenters. The van der Waals surface area contributed by atoms with Crippen molar-refractivity contribution in [2.45, 2.75) is 33.1 Å². The topological polar surface area (TPSA) is 38.9 Å². The standard InChI is InChI=1S/C15H20N2/c1-11-9-12(2)17-15-7-6-13(10-14(11)15)5-3-4-8-16/h6-7,9-10H,3-5,8,16H2,1-2H3. The molecule has 1 heterocycles. The van der Waals surface area contributed by atoms with Gasteiger partial charge in [-0.05, 0) is 69.0 Å². The summed E-state index contributed by atoms with van der Waals surface area (Å²) < 4.78 is 0. The van der Waals surface area contributed by atoms with Gasteiger partial charge in [0.15, 0.2) is 0 Å². The third-order valence-electron chi connectivity index (χ3n) is 3.13. The minimum Gasteiger partial charge on any atom is -0.330 e. The zero-order valence-corrected chi connectivity index (χ0v) is 10.7. The van der Waals surface area contributed by atoms with E-state index in [0.29, 0.717) is 0 Å². The Bertz CT molecular complexity index is 518. The maximum atomic E-state index is 5.51. The van der Waals surface area contributed by atoms with Gasteiger partial charge in [-0.2, -0.15) is 0 Å². The van der Waals surface area contributed by atoms with Crippen LogP contribution in [0, 0.1) is 13.8 Å². The molecule has 0 spiro atoms. The predicted octanol–water partition coefficient (Wildman–Crippen LogP) is 3.13. The van der Waals surface area contributed by atoms with Crippen molar-refractivity contribution in [3.63, 3.8) is 0 Å². The highest BCUT2D eigenvalue weighted by Crippen LogP contribution is 2.20. The molecule has 0 bridgehead atoms. The van der Waals surface area contributed by atoms with Crippen LogP contribution in [0.4, 0.5) is 0 Å². The highest BCUT2D eigenvalue weighted by molar-refractivity contribution is 5.82. The maximum absolute atomic E-state index is 5.51. The maximum Gasteiger partial charge on any atom is 0.0708 e. The number of pyridine rings is 1. The first-order chi connectivity index (χ1) is 8.20. The second-order valence-electron chi connectivity index (χ2n) is 4.68. The molecular weight excluding hydrogens is 208 g/mol. The first-order valence-corrected chi connectivity index (χ1v) is 6.27. The summed E-state index contributed by atoms with van der Waals surface area (Å²) in [5.74, 6) is 0. The van der Waals surface area contributed by atoms with Gasteiger partial charge in [-0.1, -0.05) is 6.07 Å². The molecule has 0 aliphatic rings. The summed E-state index contributed by atoms with van der Waals surface area (Å²) in [6, 6.07) is 8.73. The van der Waals surface area contributed by atoms with Crippen molar-refractivity contribution >= 4 is 10.9 Å². The van der Waals surface area contributed by atoms with Crippen molar-refractivity contribution < 1.29 is 0 Å². The summed E-state index contributed by atoms with van der Waals surface area (Å²) in [5.41, 5.74) is 10.4. The second kappa shape index (κ2) is 5.28. The van der Waals surface area contributed by atoms with Crippen molar-refractivity contribution in [2.24, 2.45) is 5.73 Å². The molecule has 0 amide bonds. The lowest BCUT2D eigenvalue weighted by molar-refractivity contribution is 0.745. The van der Waals surface area contributed by atoms with E-state index in [0.717, 1.165) is 30.6 Å². The van der Waals surface area contributed by atoms with E-state index < -0.39 is 0 Å². The number of fused-ring (bicyclic) bond motifs is 1. The van der Waals surface area contributed by atoms with Crippen LogP contribution in [-0.2, 0) is 6.42 Å². The van der Waals surface area contributed by atoms with Gasteiger partial charge in [0, 0.05) is 11.1 Å². The number of nitrogens with zero attached hydrogens (tertiary/aromatic N) is 1. The Balaban J connectivity index is 2.30. The van der Waals surface area contributed by atoms with E-state index in [1.54, 1.807) is 0 Å². The summed E-state index contributed by atoms with van der Waals surface area (Å²) in [4.78, 5) is 4.55. The van der Waals surface area contributed by atoms with Gasteiger partial charge in [0.25, 0.3) is 0 Å². The third-order valence-corrected chi connectivity index (χ3v) is 3.13. The molecule has 2 heteroatoms. The molecule has 17 heavy (non-hydrogen) atoms. The molecule has 2 nitrogen and oxygen atoms in total. The minimum atomic E-state index is 0.785. The van der Waals surface area contributed by atoms with Crippen LogP contribution in [0.5, 0.6) is 0 Å². The number of nitrogens with two attached hydrogens (primary N) is 1. The van der Waals surface area contributed by atoms with Crippen LogP contribution >= 0.6 is 0 Å². The third kappa shape index (κ3) is 2.83. The summed E-state index contributed by atoms with van der Waals surface area (Å²) in [6.45, 7) is 4.98. The Kier molecular flexibility index (Phi) is 3.75. The second-order valence-corrected chi connectivity index (χ2v) is 4.68. The van der Waals surface area contributed by atoms with Gasteiger partial charge in [0.05, 0.1) is 5.52 Å². The van der Waals surface area contributed by atoms with E-state index in [2.05, 4.69) is 36.2 Å². The van der Waals surface area contributed by atoms with Gasteiger partial charge < -0.3 is 5.73 Å². The highest BCUT2D eigenvalue weighted by atomic mass is 14.7. The van der Waals surface area contributed by atoms with Crippen molar-refractivity contribution in [3.8, 4) is 0 Å². The lowest BCUT2D eigenvalue weighted by Crippen LogP contribution is -1.99. The quantitative estimate of drug-likeness (QED) is 0.816. The molecule has 2 aromatic rings. The van der Waals surface area contributed by atoms with E-state index in [1.807, 2.05) is 6.92 Å². The molecule has 0 unspecified atom stereocenters.